The van der Waals surface area contributed by atoms with E-state index in [1.165, 1.54) is 0 Å². The van der Waals surface area contributed by atoms with Crippen LogP contribution in [0.1, 0.15) is 5.56 Å². The smallest absolute Gasteiger partial charge is 0.271 e. The zero-order chi connectivity index (χ0) is 20.1. The number of methoxy groups -OCH3 is 1. The topological polar surface area (TPSA) is 118 Å². The molecule has 0 saturated carbocycles. The third-order valence-corrected chi connectivity index (χ3v) is 4.07. The molecule has 0 radical (unpaired) electrons. The van der Waals surface area contributed by atoms with Gasteiger partial charge in [0.05, 0.1) is 7.11 Å². The van der Waals surface area contributed by atoms with Gasteiger partial charge < -0.3 is 20.8 Å². The van der Waals surface area contributed by atoms with Crippen LogP contribution < -0.4 is 15.8 Å². The van der Waals surface area contributed by atoms with Crippen molar-refractivity contribution in [2.75, 3.05) is 14.2 Å². The lowest BCUT2D eigenvalue weighted by molar-refractivity contribution is -0.113. The van der Waals surface area contributed by atoms with Crippen molar-refractivity contribution >= 4 is 28.3 Å². The van der Waals surface area contributed by atoms with Crippen molar-refractivity contribution in [3.05, 3.63) is 61.2 Å². The van der Waals surface area contributed by atoms with Gasteiger partial charge in [-0.2, -0.15) is 4.99 Å². The molecule has 0 bridgehead atoms. The van der Waals surface area contributed by atoms with Crippen LogP contribution >= 0.6 is 0 Å². The number of carbonyl (C=O) groups is 1. The summed E-state index contributed by atoms with van der Waals surface area (Å²) in [6.07, 6.45) is 7.99. The molecule has 0 aromatic carbocycles. The summed E-state index contributed by atoms with van der Waals surface area (Å²) in [5, 5.41) is 3.81. The van der Waals surface area contributed by atoms with Gasteiger partial charge in [0.15, 0.2) is 0 Å². The Balaban J connectivity index is 2.12. The van der Waals surface area contributed by atoms with E-state index in [4.69, 9.17) is 10.5 Å². The highest BCUT2D eigenvalue weighted by Crippen LogP contribution is 2.30. The maximum atomic E-state index is 11.6. The molecular formula is C20H20N6O2. The highest BCUT2D eigenvalue weighted by molar-refractivity contribution is 6.25. The molecule has 1 amide bonds. The predicted molar refractivity (Wildman–Crippen MR) is 110 cm³/mol. The molecule has 28 heavy (non-hydrogen) atoms. The Morgan fingerprint density at radius 1 is 1.39 bits per heavy atom. The van der Waals surface area contributed by atoms with Crippen LogP contribution in [0, 0.1) is 0 Å². The standard InChI is InChI=1S/C20H20N6O2/c1-4-17(27)26-19(21)16(10-22-2)13-7-14-15(11-25-20(14)24-9-13)12-5-6-23-18(8-12)28-3/h4-11,22H,1H2,2-3H3,(H,24,25)(H2,21,26,27)/b16-10-. The summed E-state index contributed by atoms with van der Waals surface area (Å²) in [6.45, 7) is 3.41. The van der Waals surface area contributed by atoms with E-state index in [-0.39, 0.29) is 5.84 Å². The van der Waals surface area contributed by atoms with Crippen molar-refractivity contribution in [3.63, 3.8) is 0 Å². The normalized spacial score (nSPS) is 12.1. The summed E-state index contributed by atoms with van der Waals surface area (Å²) in [5.74, 6) is 0.0777. The second-order valence-corrected chi connectivity index (χ2v) is 5.80. The van der Waals surface area contributed by atoms with Gasteiger partial charge in [0, 0.05) is 60.0 Å². The molecule has 0 spiro atoms. The summed E-state index contributed by atoms with van der Waals surface area (Å²) in [6, 6.07) is 5.67. The third kappa shape index (κ3) is 3.75. The molecule has 4 N–H and O–H groups in total. The molecule has 3 aromatic rings. The van der Waals surface area contributed by atoms with Gasteiger partial charge in [-0.25, -0.2) is 9.97 Å². The second kappa shape index (κ2) is 8.17. The number of amidine groups is 1. The maximum absolute atomic E-state index is 11.6. The summed E-state index contributed by atoms with van der Waals surface area (Å²) >= 11 is 0. The van der Waals surface area contributed by atoms with Crippen molar-refractivity contribution in [2.45, 2.75) is 0 Å². The van der Waals surface area contributed by atoms with E-state index >= 15 is 0 Å². The lowest BCUT2D eigenvalue weighted by atomic mass is 10.0. The Hall–Kier alpha value is -3.94. The average Bonchev–Trinajstić information content (AvgIpc) is 3.15. The van der Waals surface area contributed by atoms with Crippen molar-refractivity contribution in [3.8, 4) is 17.0 Å². The number of ether oxygens (including phenoxy) is 1. The summed E-state index contributed by atoms with van der Waals surface area (Å²) in [5.41, 5.74) is 9.87. The van der Waals surface area contributed by atoms with Crippen LogP contribution in [-0.4, -0.2) is 40.9 Å². The molecule has 0 atom stereocenters. The predicted octanol–water partition coefficient (Wildman–Crippen LogP) is 2.26. The first-order chi connectivity index (χ1) is 13.6. The molecule has 142 valence electrons. The SMILES string of the molecule is C=CC(=O)N=C(N)/C(=C\NC)c1cnc2[nH]cc(-c3ccnc(OC)c3)c2c1. The molecule has 0 aliphatic rings. The number of hydrogen-bond donors (Lipinski definition) is 3. The minimum absolute atomic E-state index is 0.0723. The Morgan fingerprint density at radius 3 is 2.93 bits per heavy atom. The number of nitrogens with two attached hydrogens (primary N) is 1. The molecule has 3 rings (SSSR count). The van der Waals surface area contributed by atoms with Gasteiger partial charge in [-0.05, 0) is 23.8 Å². The number of carbonyl (C=O) groups excluding carboxylic acids is 1. The first kappa shape index (κ1) is 18.8. The number of fused-ring (bicyclic) bond motifs is 1. The number of aromatic amines is 1. The van der Waals surface area contributed by atoms with Crippen LogP contribution in [-0.2, 0) is 4.79 Å². The molecular weight excluding hydrogens is 356 g/mol. The monoisotopic (exact) mass is 376 g/mol. The number of H-pyrrole nitrogens is 1. The summed E-state index contributed by atoms with van der Waals surface area (Å²) in [4.78, 5) is 27.2. The molecule has 0 aliphatic carbocycles. The van der Waals surface area contributed by atoms with Crippen LogP contribution in [0.4, 0.5) is 0 Å². The Morgan fingerprint density at radius 2 is 2.21 bits per heavy atom. The number of hydrogen-bond acceptors (Lipinski definition) is 5. The first-order valence-electron chi connectivity index (χ1n) is 8.43. The molecule has 0 fully saturated rings. The van der Waals surface area contributed by atoms with Gasteiger partial charge in [0.1, 0.15) is 11.5 Å². The number of nitrogens with one attached hydrogen (secondary N) is 2. The maximum Gasteiger partial charge on any atom is 0.271 e. The van der Waals surface area contributed by atoms with E-state index in [9.17, 15) is 4.79 Å². The number of amides is 1. The van der Waals surface area contributed by atoms with Crippen LogP contribution in [0.3, 0.4) is 0 Å². The van der Waals surface area contributed by atoms with Crippen molar-refractivity contribution in [1.29, 1.82) is 0 Å². The van der Waals surface area contributed by atoms with Gasteiger partial charge >= 0.3 is 0 Å². The summed E-state index contributed by atoms with van der Waals surface area (Å²) < 4.78 is 5.21. The van der Waals surface area contributed by atoms with Gasteiger partial charge in [0.2, 0.25) is 5.88 Å². The quantitative estimate of drug-likeness (QED) is 0.345. The number of aromatic nitrogens is 3. The second-order valence-electron chi connectivity index (χ2n) is 5.80. The van der Waals surface area contributed by atoms with E-state index in [1.807, 2.05) is 24.4 Å². The van der Waals surface area contributed by atoms with E-state index in [0.29, 0.717) is 17.0 Å². The van der Waals surface area contributed by atoms with Gasteiger partial charge in [0.25, 0.3) is 5.91 Å². The molecule has 8 nitrogen and oxygen atoms in total. The minimum Gasteiger partial charge on any atom is -0.481 e. The summed E-state index contributed by atoms with van der Waals surface area (Å²) in [7, 11) is 3.31. The zero-order valence-corrected chi connectivity index (χ0v) is 15.6. The van der Waals surface area contributed by atoms with Crippen molar-refractivity contribution in [2.24, 2.45) is 10.7 Å². The zero-order valence-electron chi connectivity index (χ0n) is 15.6. The minimum atomic E-state index is -0.514. The molecule has 3 heterocycles. The van der Waals surface area contributed by atoms with E-state index in [2.05, 4.69) is 31.8 Å². The first-order valence-corrected chi connectivity index (χ1v) is 8.43. The lowest BCUT2D eigenvalue weighted by Gasteiger charge is -2.08. The van der Waals surface area contributed by atoms with Gasteiger partial charge in [-0.15, -0.1) is 0 Å². The van der Waals surface area contributed by atoms with Crippen LogP contribution in [0.2, 0.25) is 0 Å². The fraction of sp³-hybridized carbons (Fsp3) is 0.100. The molecule has 8 heteroatoms. The van der Waals surface area contributed by atoms with Crippen molar-refractivity contribution in [1.82, 2.24) is 20.3 Å². The van der Waals surface area contributed by atoms with E-state index < -0.39 is 5.91 Å². The Bertz CT molecular complexity index is 1100. The highest BCUT2D eigenvalue weighted by atomic mass is 16.5. The Kier molecular flexibility index (Phi) is 5.50. The van der Waals surface area contributed by atoms with Crippen LogP contribution in [0.5, 0.6) is 5.88 Å². The fourth-order valence-corrected chi connectivity index (χ4v) is 2.75. The van der Waals surface area contributed by atoms with E-state index in [0.717, 1.165) is 28.2 Å². The number of rotatable bonds is 6. The highest BCUT2D eigenvalue weighted by Gasteiger charge is 2.13. The van der Waals surface area contributed by atoms with Crippen molar-refractivity contribution < 1.29 is 9.53 Å². The van der Waals surface area contributed by atoms with Crippen LogP contribution in [0.15, 0.2) is 60.6 Å². The molecule has 0 unspecified atom stereocenters. The molecule has 3 aromatic heterocycles. The Labute approximate surface area is 161 Å². The number of nitrogens with zero attached hydrogens (tertiary/aromatic N) is 3. The number of aliphatic imine (C=N–C) groups is 1. The molecule has 0 aliphatic heterocycles. The number of pyridine rings is 2. The van der Waals surface area contributed by atoms with E-state index in [1.54, 1.807) is 32.8 Å². The third-order valence-electron chi connectivity index (χ3n) is 4.07. The molecule has 0 saturated heterocycles. The fourth-order valence-electron chi connectivity index (χ4n) is 2.75. The van der Waals surface area contributed by atoms with Gasteiger partial charge in [-0.1, -0.05) is 6.58 Å². The average molecular weight is 376 g/mol. The lowest BCUT2D eigenvalue weighted by Crippen LogP contribution is -2.18. The largest absolute Gasteiger partial charge is 0.481 e. The van der Waals surface area contributed by atoms with Crippen LogP contribution in [0.25, 0.3) is 27.7 Å². The van der Waals surface area contributed by atoms with Gasteiger partial charge in [-0.3, -0.25) is 4.79 Å².